The summed E-state index contributed by atoms with van der Waals surface area (Å²) in [5.41, 5.74) is 5.95. The maximum absolute atomic E-state index is 13.3. The monoisotopic (exact) mass is 493 g/mol. The SMILES string of the molecule is Cc1cc(C(=O)CSc2nc3cc(Cl)ccc3n2Cc2ccccc2)c(C)n1CC1CCCO1. The number of Topliss-reactive ketones (excluding diaryl/α,β-unsaturated/α-hetero) is 1. The zero-order chi connectivity index (χ0) is 23.7. The topological polar surface area (TPSA) is 49.0 Å². The van der Waals surface area contributed by atoms with E-state index in [9.17, 15) is 4.79 Å². The smallest absolute Gasteiger partial charge is 0.175 e. The Morgan fingerprint density at radius 3 is 2.74 bits per heavy atom. The van der Waals surface area contributed by atoms with Gasteiger partial charge in [-0.2, -0.15) is 0 Å². The Morgan fingerprint density at radius 2 is 1.97 bits per heavy atom. The van der Waals surface area contributed by atoms with Gasteiger partial charge in [-0.05, 0) is 56.5 Å². The summed E-state index contributed by atoms with van der Waals surface area (Å²) in [6.45, 7) is 6.43. The molecule has 0 spiro atoms. The number of carbonyl (C=O) groups excluding carboxylic acids is 1. The maximum atomic E-state index is 13.3. The highest BCUT2D eigenvalue weighted by Crippen LogP contribution is 2.29. The highest BCUT2D eigenvalue weighted by Gasteiger charge is 2.22. The molecule has 0 saturated carbocycles. The number of halogens is 1. The number of hydrogen-bond donors (Lipinski definition) is 0. The van der Waals surface area contributed by atoms with Crippen molar-refractivity contribution in [1.29, 1.82) is 0 Å². The van der Waals surface area contributed by atoms with Crippen LogP contribution >= 0.6 is 23.4 Å². The molecule has 4 aromatic rings. The van der Waals surface area contributed by atoms with Gasteiger partial charge in [0.15, 0.2) is 10.9 Å². The summed E-state index contributed by atoms with van der Waals surface area (Å²) in [5, 5.41) is 1.48. The zero-order valence-corrected chi connectivity index (χ0v) is 21.0. The van der Waals surface area contributed by atoms with Crippen molar-refractivity contribution in [2.24, 2.45) is 0 Å². The van der Waals surface area contributed by atoms with Crippen LogP contribution < -0.4 is 0 Å². The molecule has 7 heteroatoms. The minimum Gasteiger partial charge on any atom is -0.376 e. The molecule has 0 N–H and O–H groups in total. The van der Waals surface area contributed by atoms with Gasteiger partial charge in [-0.15, -0.1) is 0 Å². The summed E-state index contributed by atoms with van der Waals surface area (Å²) >= 11 is 7.70. The molecule has 176 valence electrons. The Hall–Kier alpha value is -2.54. The minimum atomic E-state index is 0.119. The quantitative estimate of drug-likeness (QED) is 0.213. The molecule has 0 radical (unpaired) electrons. The van der Waals surface area contributed by atoms with Crippen molar-refractivity contribution >= 4 is 40.2 Å². The largest absolute Gasteiger partial charge is 0.376 e. The molecule has 1 aliphatic rings. The number of aromatic nitrogens is 3. The molecule has 2 aromatic heterocycles. The summed E-state index contributed by atoms with van der Waals surface area (Å²) in [4.78, 5) is 18.1. The van der Waals surface area contributed by atoms with Gasteiger partial charge in [0.25, 0.3) is 0 Å². The van der Waals surface area contributed by atoms with Crippen LogP contribution in [0.2, 0.25) is 5.02 Å². The average Bonchev–Trinajstić information content (AvgIpc) is 3.53. The van der Waals surface area contributed by atoms with Crippen LogP contribution in [-0.4, -0.2) is 38.4 Å². The van der Waals surface area contributed by atoms with Gasteiger partial charge < -0.3 is 13.9 Å². The molecule has 3 heterocycles. The van der Waals surface area contributed by atoms with Crippen molar-refractivity contribution in [3.05, 3.63) is 82.1 Å². The fraction of sp³-hybridized carbons (Fsp3) is 0.333. The predicted octanol–water partition coefficient (Wildman–Crippen LogP) is 6.31. The predicted molar refractivity (Wildman–Crippen MR) is 138 cm³/mol. The summed E-state index contributed by atoms with van der Waals surface area (Å²) in [5.74, 6) is 0.448. The molecule has 5 rings (SSSR count). The number of aryl methyl sites for hydroxylation is 1. The highest BCUT2D eigenvalue weighted by molar-refractivity contribution is 7.99. The molecule has 1 fully saturated rings. The van der Waals surface area contributed by atoms with Gasteiger partial charge in [-0.3, -0.25) is 4.79 Å². The van der Waals surface area contributed by atoms with Gasteiger partial charge >= 0.3 is 0 Å². The third-order valence-corrected chi connectivity index (χ3v) is 7.69. The number of benzene rings is 2. The first-order valence-electron chi connectivity index (χ1n) is 11.6. The van der Waals surface area contributed by atoms with E-state index < -0.39 is 0 Å². The summed E-state index contributed by atoms with van der Waals surface area (Å²) < 4.78 is 10.2. The lowest BCUT2D eigenvalue weighted by molar-refractivity contribution is 0.0957. The maximum Gasteiger partial charge on any atom is 0.175 e. The highest BCUT2D eigenvalue weighted by atomic mass is 35.5. The van der Waals surface area contributed by atoms with Gasteiger partial charge in [0.2, 0.25) is 0 Å². The summed E-state index contributed by atoms with van der Waals surface area (Å²) in [6, 6.07) is 18.1. The van der Waals surface area contributed by atoms with Crippen molar-refractivity contribution < 1.29 is 9.53 Å². The first-order chi connectivity index (χ1) is 16.5. The Balaban J connectivity index is 1.37. The van der Waals surface area contributed by atoms with E-state index in [2.05, 4.69) is 28.2 Å². The van der Waals surface area contributed by atoms with Gasteiger partial charge in [0.1, 0.15) is 0 Å². The molecule has 5 nitrogen and oxygen atoms in total. The fourth-order valence-corrected chi connectivity index (χ4v) is 5.74. The van der Waals surface area contributed by atoms with Crippen molar-refractivity contribution in [2.75, 3.05) is 12.4 Å². The van der Waals surface area contributed by atoms with E-state index >= 15 is 0 Å². The molecule has 0 aliphatic carbocycles. The van der Waals surface area contributed by atoms with E-state index in [1.54, 1.807) is 0 Å². The second-order valence-corrected chi connectivity index (χ2v) is 10.2. The van der Waals surface area contributed by atoms with Crippen LogP contribution in [0.15, 0.2) is 59.8 Å². The molecular formula is C27H28ClN3O2S. The summed E-state index contributed by atoms with van der Waals surface area (Å²) in [6.07, 6.45) is 2.44. The second-order valence-electron chi connectivity index (χ2n) is 8.84. The van der Waals surface area contributed by atoms with Crippen LogP contribution in [-0.2, 0) is 17.8 Å². The molecule has 2 aromatic carbocycles. The van der Waals surface area contributed by atoms with Crippen molar-refractivity contribution in [3.63, 3.8) is 0 Å². The number of ketones is 1. The van der Waals surface area contributed by atoms with Crippen LogP contribution in [0.3, 0.4) is 0 Å². The van der Waals surface area contributed by atoms with Gasteiger partial charge in [-0.1, -0.05) is 53.7 Å². The van der Waals surface area contributed by atoms with Crippen molar-refractivity contribution in [3.8, 4) is 0 Å². The van der Waals surface area contributed by atoms with Crippen LogP contribution in [0.1, 0.15) is 40.2 Å². The van der Waals surface area contributed by atoms with Crippen molar-refractivity contribution in [2.45, 2.75) is 51.0 Å². The Bertz CT molecular complexity index is 1320. The molecule has 0 amide bonds. The Morgan fingerprint density at radius 1 is 1.15 bits per heavy atom. The molecule has 34 heavy (non-hydrogen) atoms. The Kier molecular flexibility index (Phi) is 6.82. The zero-order valence-electron chi connectivity index (χ0n) is 19.5. The van der Waals surface area contributed by atoms with E-state index in [-0.39, 0.29) is 11.9 Å². The van der Waals surface area contributed by atoms with Crippen LogP contribution in [0.5, 0.6) is 0 Å². The Labute approximate surface area is 209 Å². The lowest BCUT2D eigenvalue weighted by Gasteiger charge is -2.14. The van der Waals surface area contributed by atoms with Gasteiger partial charge in [-0.25, -0.2) is 4.98 Å². The van der Waals surface area contributed by atoms with Gasteiger partial charge in [0.05, 0.1) is 29.4 Å². The lowest BCUT2D eigenvalue weighted by Crippen LogP contribution is -2.17. The number of hydrogen-bond acceptors (Lipinski definition) is 4. The number of fused-ring (bicyclic) bond motifs is 1. The van der Waals surface area contributed by atoms with Crippen LogP contribution in [0.25, 0.3) is 11.0 Å². The molecule has 1 saturated heterocycles. The number of thioether (sulfide) groups is 1. The molecule has 0 bridgehead atoms. The minimum absolute atomic E-state index is 0.119. The third kappa shape index (κ3) is 4.81. The standard InChI is InChI=1S/C27H28ClN3O2S/c1-18-13-23(19(2)30(18)16-22-9-6-12-33-22)26(32)17-34-27-29-24-14-21(28)10-11-25(24)31(27)15-20-7-4-3-5-8-20/h3-5,7-8,10-11,13-14,22H,6,9,12,15-17H2,1-2H3. The number of imidazole rings is 1. The van der Waals surface area contributed by atoms with Crippen LogP contribution in [0.4, 0.5) is 0 Å². The second kappa shape index (κ2) is 9.98. The first kappa shape index (κ1) is 23.2. The van der Waals surface area contributed by atoms with E-state index in [4.69, 9.17) is 21.3 Å². The van der Waals surface area contributed by atoms with E-state index in [0.717, 1.165) is 59.1 Å². The number of carbonyl (C=O) groups is 1. The van der Waals surface area contributed by atoms with Crippen LogP contribution in [0, 0.1) is 13.8 Å². The lowest BCUT2D eigenvalue weighted by atomic mass is 10.2. The van der Waals surface area contributed by atoms with E-state index in [1.807, 2.05) is 49.4 Å². The summed E-state index contributed by atoms with van der Waals surface area (Å²) in [7, 11) is 0. The third-order valence-electron chi connectivity index (χ3n) is 6.48. The number of ether oxygens (including phenoxy) is 1. The fourth-order valence-electron chi connectivity index (χ4n) is 4.67. The van der Waals surface area contributed by atoms with Crippen molar-refractivity contribution in [1.82, 2.24) is 14.1 Å². The molecule has 1 unspecified atom stereocenters. The number of nitrogens with zero attached hydrogens (tertiary/aromatic N) is 3. The van der Waals surface area contributed by atoms with Gasteiger partial charge in [0, 0.05) is 35.1 Å². The average molecular weight is 494 g/mol. The first-order valence-corrected chi connectivity index (χ1v) is 13.0. The molecule has 1 aliphatic heterocycles. The van der Waals surface area contributed by atoms with E-state index in [0.29, 0.717) is 17.3 Å². The van der Waals surface area contributed by atoms with E-state index in [1.165, 1.54) is 17.3 Å². The molecular weight excluding hydrogens is 466 g/mol. The molecule has 1 atom stereocenters. The number of rotatable bonds is 8. The normalized spacial score (nSPS) is 15.9.